The molecular weight excluding hydrogens is 544 g/mol. The molecule has 223 valence electrons. The van der Waals surface area contributed by atoms with E-state index < -0.39 is 5.60 Å². The number of benzene rings is 3. The first-order valence-electron chi connectivity index (χ1n) is 15.5. The number of aliphatic hydroxyl groups is 1. The Hall–Kier alpha value is -2.70. The van der Waals surface area contributed by atoms with Crippen molar-refractivity contribution in [3.63, 3.8) is 0 Å². The number of carbonyl (C=O) groups excluding carboxylic acids is 1. The van der Waals surface area contributed by atoms with Crippen LogP contribution in [0.25, 0.3) is 11.1 Å². The Morgan fingerprint density at radius 3 is 2.57 bits per heavy atom. The molecule has 2 aliphatic heterocycles. The zero-order valence-electron chi connectivity index (χ0n) is 24.8. The molecule has 6 heteroatoms. The quantitative estimate of drug-likeness (QED) is 0.263. The Bertz CT molecular complexity index is 1340. The summed E-state index contributed by atoms with van der Waals surface area (Å²) < 4.78 is 5.45. The SMILES string of the molecule is [CH2]CCC(O)(c1cccc(Cl)c1-c1cccc(CC)c1)C1CCCN(C(=O)c2ccc(CNC3CCOCC3)cc2)C1. The number of aryl methyl sites for hydroxylation is 1. The molecule has 0 saturated carbocycles. The van der Waals surface area contributed by atoms with Gasteiger partial charge in [-0.15, -0.1) is 0 Å². The summed E-state index contributed by atoms with van der Waals surface area (Å²) in [4.78, 5) is 15.6. The Morgan fingerprint density at radius 2 is 1.83 bits per heavy atom. The number of likely N-dealkylation sites (tertiary alicyclic amines) is 1. The van der Waals surface area contributed by atoms with E-state index in [-0.39, 0.29) is 11.8 Å². The van der Waals surface area contributed by atoms with E-state index in [9.17, 15) is 9.90 Å². The molecule has 42 heavy (non-hydrogen) atoms. The Morgan fingerprint density at radius 1 is 1.07 bits per heavy atom. The van der Waals surface area contributed by atoms with Crippen molar-refractivity contribution in [3.05, 3.63) is 101 Å². The van der Waals surface area contributed by atoms with E-state index in [2.05, 4.69) is 43.4 Å². The summed E-state index contributed by atoms with van der Waals surface area (Å²) in [6.07, 6.45) is 5.73. The average Bonchev–Trinajstić information content (AvgIpc) is 3.04. The minimum Gasteiger partial charge on any atom is -0.385 e. The Balaban J connectivity index is 1.35. The molecule has 2 aliphatic rings. The standard InChI is InChI=1S/C36H44ClN2O3/c1-3-19-36(41,32-11-6-12-33(37)34(32)29-9-5-8-26(4-2)23-29)30-10-7-20-39(25-30)35(40)28-15-13-27(14-16-28)24-38-31-17-21-42-22-18-31/h5-6,8-9,11-16,23,30-31,38,41H,1,3-4,7,10,17-22,24-25H2,2H3. The van der Waals surface area contributed by atoms with Crippen LogP contribution in [0.5, 0.6) is 0 Å². The van der Waals surface area contributed by atoms with E-state index in [1.165, 1.54) is 11.1 Å². The number of carbonyl (C=O) groups is 1. The van der Waals surface area contributed by atoms with Gasteiger partial charge in [0.2, 0.25) is 0 Å². The molecule has 1 amide bonds. The Kier molecular flexibility index (Phi) is 10.4. The second-order valence-electron chi connectivity index (χ2n) is 11.8. The van der Waals surface area contributed by atoms with Gasteiger partial charge in [0.25, 0.3) is 5.91 Å². The first-order valence-corrected chi connectivity index (χ1v) is 15.9. The summed E-state index contributed by atoms with van der Waals surface area (Å²) in [5, 5.41) is 16.8. The zero-order chi connectivity index (χ0) is 29.5. The minimum absolute atomic E-state index is 0.0163. The van der Waals surface area contributed by atoms with Crippen LogP contribution in [0.3, 0.4) is 0 Å². The lowest BCUT2D eigenvalue weighted by Crippen LogP contribution is -2.48. The highest BCUT2D eigenvalue weighted by Crippen LogP contribution is 2.45. The first-order chi connectivity index (χ1) is 20.4. The lowest BCUT2D eigenvalue weighted by atomic mass is 9.72. The van der Waals surface area contributed by atoms with Crippen molar-refractivity contribution in [2.45, 2.75) is 70.1 Å². The van der Waals surface area contributed by atoms with Crippen LogP contribution in [-0.2, 0) is 23.3 Å². The van der Waals surface area contributed by atoms with E-state index in [1.807, 2.05) is 47.4 Å². The average molecular weight is 588 g/mol. The number of halogens is 1. The molecule has 2 heterocycles. The van der Waals surface area contributed by atoms with Gasteiger partial charge in [-0.1, -0.05) is 80.4 Å². The lowest BCUT2D eigenvalue weighted by Gasteiger charge is -2.43. The van der Waals surface area contributed by atoms with Crippen molar-refractivity contribution in [2.75, 3.05) is 26.3 Å². The number of piperidine rings is 1. The van der Waals surface area contributed by atoms with Crippen LogP contribution >= 0.6 is 11.6 Å². The van der Waals surface area contributed by atoms with Crippen molar-refractivity contribution in [2.24, 2.45) is 5.92 Å². The first kappa shape index (κ1) is 30.7. The molecule has 5 rings (SSSR count). The molecule has 1 radical (unpaired) electrons. The van der Waals surface area contributed by atoms with Gasteiger partial charge < -0.3 is 20.1 Å². The number of hydrogen-bond donors (Lipinski definition) is 2. The highest BCUT2D eigenvalue weighted by molar-refractivity contribution is 6.33. The van der Waals surface area contributed by atoms with Crippen LogP contribution in [-0.4, -0.2) is 48.3 Å². The molecule has 2 unspecified atom stereocenters. The van der Waals surface area contributed by atoms with Gasteiger partial charge in [-0.25, -0.2) is 0 Å². The third-order valence-electron chi connectivity index (χ3n) is 9.06. The van der Waals surface area contributed by atoms with E-state index in [0.29, 0.717) is 42.6 Å². The van der Waals surface area contributed by atoms with Gasteiger partial charge in [-0.2, -0.15) is 0 Å². The predicted octanol–water partition coefficient (Wildman–Crippen LogP) is 7.19. The van der Waals surface area contributed by atoms with Crippen molar-refractivity contribution in [1.82, 2.24) is 10.2 Å². The second-order valence-corrected chi connectivity index (χ2v) is 12.2. The summed E-state index contributed by atoms with van der Waals surface area (Å²) in [7, 11) is 0. The number of nitrogens with zero attached hydrogens (tertiary/aromatic N) is 1. The van der Waals surface area contributed by atoms with Crippen molar-refractivity contribution < 1.29 is 14.6 Å². The van der Waals surface area contributed by atoms with Crippen LogP contribution in [0.2, 0.25) is 5.02 Å². The smallest absolute Gasteiger partial charge is 0.253 e. The van der Waals surface area contributed by atoms with Crippen LogP contribution in [0.15, 0.2) is 66.7 Å². The molecule has 2 saturated heterocycles. The van der Waals surface area contributed by atoms with Gasteiger partial charge in [0.15, 0.2) is 0 Å². The van der Waals surface area contributed by atoms with E-state index >= 15 is 0 Å². The fraction of sp³-hybridized carbons (Fsp3) is 0.444. The second kappa shape index (κ2) is 14.2. The zero-order valence-corrected chi connectivity index (χ0v) is 25.5. The molecule has 0 aromatic heterocycles. The summed E-state index contributed by atoms with van der Waals surface area (Å²) >= 11 is 6.84. The normalized spacial score (nSPS) is 19.4. The number of amides is 1. The van der Waals surface area contributed by atoms with Crippen molar-refractivity contribution in [3.8, 4) is 11.1 Å². The van der Waals surface area contributed by atoms with Gasteiger partial charge >= 0.3 is 0 Å². The molecule has 3 aromatic carbocycles. The Labute approximate surface area is 256 Å². The van der Waals surface area contributed by atoms with Gasteiger partial charge in [-0.05, 0) is 79.0 Å². The molecule has 2 fully saturated rings. The van der Waals surface area contributed by atoms with Gasteiger partial charge in [0.05, 0.1) is 5.60 Å². The summed E-state index contributed by atoms with van der Waals surface area (Å²) in [5.74, 6) is -0.117. The van der Waals surface area contributed by atoms with Gasteiger partial charge in [0.1, 0.15) is 0 Å². The number of hydrogen-bond acceptors (Lipinski definition) is 4. The highest BCUT2D eigenvalue weighted by Gasteiger charge is 2.42. The molecule has 0 aliphatic carbocycles. The maximum atomic E-state index is 13.7. The molecule has 2 N–H and O–H groups in total. The number of rotatable bonds is 10. The molecule has 2 atom stereocenters. The van der Waals surface area contributed by atoms with Crippen LogP contribution < -0.4 is 5.32 Å². The predicted molar refractivity (Wildman–Crippen MR) is 171 cm³/mol. The number of nitrogens with one attached hydrogen (secondary N) is 1. The van der Waals surface area contributed by atoms with Crippen LogP contribution in [0.4, 0.5) is 0 Å². The third kappa shape index (κ3) is 6.92. The maximum Gasteiger partial charge on any atom is 0.253 e. The molecular formula is C36H44ClN2O3. The topological polar surface area (TPSA) is 61.8 Å². The lowest BCUT2D eigenvalue weighted by molar-refractivity contribution is -0.0546. The largest absolute Gasteiger partial charge is 0.385 e. The summed E-state index contributed by atoms with van der Waals surface area (Å²) in [6, 6.07) is 22.6. The summed E-state index contributed by atoms with van der Waals surface area (Å²) in [6.45, 7) is 9.84. The summed E-state index contributed by atoms with van der Waals surface area (Å²) in [5.41, 5.74) is 4.62. The van der Waals surface area contributed by atoms with Crippen LogP contribution in [0, 0.1) is 12.8 Å². The van der Waals surface area contributed by atoms with Crippen molar-refractivity contribution >= 4 is 17.5 Å². The number of ether oxygens (including phenoxy) is 1. The molecule has 5 nitrogen and oxygen atoms in total. The van der Waals surface area contributed by atoms with Crippen molar-refractivity contribution in [1.29, 1.82) is 0 Å². The third-order valence-corrected chi connectivity index (χ3v) is 9.38. The maximum absolute atomic E-state index is 13.7. The van der Waals surface area contributed by atoms with Crippen LogP contribution in [0.1, 0.15) is 72.5 Å². The van der Waals surface area contributed by atoms with E-state index in [4.69, 9.17) is 16.3 Å². The van der Waals surface area contributed by atoms with E-state index in [0.717, 1.165) is 68.6 Å². The highest BCUT2D eigenvalue weighted by atomic mass is 35.5. The molecule has 0 spiro atoms. The molecule has 3 aromatic rings. The van der Waals surface area contributed by atoms with Gasteiger partial charge in [0, 0.05) is 61.0 Å². The monoisotopic (exact) mass is 587 g/mol. The van der Waals surface area contributed by atoms with E-state index in [1.54, 1.807) is 0 Å². The molecule has 0 bridgehead atoms. The fourth-order valence-corrected chi connectivity index (χ4v) is 6.90. The fourth-order valence-electron chi connectivity index (χ4n) is 6.62. The van der Waals surface area contributed by atoms with Gasteiger partial charge in [-0.3, -0.25) is 4.79 Å². The minimum atomic E-state index is -1.16.